The number of nitrogen functional groups attached to an aromatic ring is 1. The normalized spacial score (nSPS) is 34.2. The van der Waals surface area contributed by atoms with Crippen LogP contribution >= 0.6 is 6.72 Å². The molecule has 4 rings (SSSR count). The van der Waals surface area contributed by atoms with Crippen LogP contribution in [-0.4, -0.2) is 56.3 Å². The van der Waals surface area contributed by atoms with Gasteiger partial charge in [-0.1, -0.05) is 0 Å². The first-order valence-corrected chi connectivity index (χ1v) is 10.9. The summed E-state index contributed by atoms with van der Waals surface area (Å²) < 4.78 is 80.5. The van der Waals surface area contributed by atoms with E-state index in [1.165, 1.54) is 0 Å². The minimum Gasteiger partial charge on any atom is -0.382 e. The Hall–Kier alpha value is -1.44. The highest BCUT2D eigenvalue weighted by molar-refractivity contribution is 8.07. The van der Waals surface area contributed by atoms with Gasteiger partial charge < -0.3 is 19.5 Å². The first-order chi connectivity index (χ1) is 13.5. The van der Waals surface area contributed by atoms with Gasteiger partial charge in [-0.25, -0.2) is 23.7 Å². The van der Waals surface area contributed by atoms with Crippen LogP contribution in [0.2, 0.25) is 0 Å². The lowest BCUT2D eigenvalue weighted by molar-refractivity contribution is -0.204. The van der Waals surface area contributed by atoms with Crippen molar-refractivity contribution in [1.82, 2.24) is 19.5 Å². The maximum absolute atomic E-state index is 15.4. The van der Waals surface area contributed by atoms with E-state index < -0.39 is 49.7 Å². The van der Waals surface area contributed by atoms with Crippen LogP contribution < -0.4 is 5.73 Å². The van der Waals surface area contributed by atoms with E-state index in [4.69, 9.17) is 35.8 Å². The second-order valence-corrected chi connectivity index (χ2v) is 9.76. The molecule has 4 heterocycles. The summed E-state index contributed by atoms with van der Waals surface area (Å²) in [5.41, 5.74) is 2.90. The minimum absolute atomic E-state index is 0.00305. The molecule has 2 aromatic rings. The zero-order chi connectivity index (χ0) is 21.2. The van der Waals surface area contributed by atoms with Crippen molar-refractivity contribution < 1.29 is 35.9 Å². The quantitative estimate of drug-likeness (QED) is 0.548. The van der Waals surface area contributed by atoms with Crippen molar-refractivity contribution in [2.24, 2.45) is 0 Å². The third-order valence-electron chi connectivity index (χ3n) is 4.49. The number of hydrogen-bond acceptors (Lipinski definition) is 9. The first-order valence-electron chi connectivity index (χ1n) is 8.38. The number of hydrogen-bond donors (Lipinski definition) is 1. The predicted octanol–water partition coefficient (Wildman–Crippen LogP) is 2.64. The Morgan fingerprint density at radius 3 is 2.72 bits per heavy atom. The van der Waals surface area contributed by atoms with E-state index in [2.05, 4.69) is 15.0 Å². The van der Waals surface area contributed by atoms with Crippen LogP contribution in [-0.2, 0) is 30.1 Å². The fraction of sp³-hybridized carbons (Fsp3) is 0.643. The summed E-state index contributed by atoms with van der Waals surface area (Å²) in [7, 11) is 0. The standard InChI is InChI=1S/C14H16F4N5O4PS/c1-6(2)26-28(29)24-3-13(11(15)16)10(27-28)14(17,18)12(25-13)23-5-22-9-7(23)8(19)20-4-21-9/h4-6,10-12H,3H2,1-2H3,(H2,19,20,21)/t10-,12?,13-,28?/m0/s1. The van der Waals surface area contributed by atoms with Crippen molar-refractivity contribution in [3.8, 4) is 0 Å². The van der Waals surface area contributed by atoms with Gasteiger partial charge in [0.2, 0.25) is 6.23 Å². The average Bonchev–Trinajstić information content (AvgIpc) is 3.13. The monoisotopic (exact) mass is 457 g/mol. The number of fused-ring (bicyclic) bond motifs is 2. The third-order valence-corrected chi connectivity index (χ3v) is 6.92. The molecule has 0 aromatic carbocycles. The van der Waals surface area contributed by atoms with Crippen LogP contribution in [0.1, 0.15) is 20.1 Å². The molecule has 2 aliphatic rings. The summed E-state index contributed by atoms with van der Waals surface area (Å²) in [6.07, 6.45) is -6.48. The van der Waals surface area contributed by atoms with E-state index in [0.717, 1.165) is 17.2 Å². The maximum atomic E-state index is 15.4. The molecule has 2 N–H and O–H groups in total. The summed E-state index contributed by atoms with van der Waals surface area (Å²) in [4.78, 5) is 11.4. The second-order valence-electron chi connectivity index (χ2n) is 6.84. The lowest BCUT2D eigenvalue weighted by Gasteiger charge is -2.41. The Bertz CT molecular complexity index is 994. The number of halogens is 4. The second kappa shape index (κ2) is 6.79. The van der Waals surface area contributed by atoms with Gasteiger partial charge in [-0.15, -0.1) is 0 Å². The molecule has 0 aliphatic carbocycles. The predicted molar refractivity (Wildman–Crippen MR) is 94.9 cm³/mol. The lowest BCUT2D eigenvalue weighted by Crippen LogP contribution is -2.57. The molecule has 15 heteroatoms. The molecule has 0 saturated carbocycles. The van der Waals surface area contributed by atoms with Gasteiger partial charge in [0, 0.05) is 0 Å². The van der Waals surface area contributed by atoms with Crippen LogP contribution in [0.5, 0.6) is 0 Å². The van der Waals surface area contributed by atoms with E-state index in [1.54, 1.807) is 13.8 Å². The molecule has 2 aliphatic heterocycles. The molecule has 9 nitrogen and oxygen atoms in total. The highest BCUT2D eigenvalue weighted by Gasteiger charge is 2.75. The van der Waals surface area contributed by atoms with E-state index in [-0.39, 0.29) is 17.0 Å². The van der Waals surface area contributed by atoms with E-state index in [9.17, 15) is 8.78 Å². The van der Waals surface area contributed by atoms with Crippen LogP contribution in [0.25, 0.3) is 11.2 Å². The number of rotatable bonds is 4. The molecule has 0 spiro atoms. The van der Waals surface area contributed by atoms with Crippen molar-refractivity contribution in [3.05, 3.63) is 12.7 Å². The first kappa shape index (κ1) is 20.8. The Kier molecular flexibility index (Phi) is 4.87. The highest BCUT2D eigenvalue weighted by Crippen LogP contribution is 2.65. The number of nitrogens with two attached hydrogens (primary N) is 1. The molecule has 2 unspecified atom stereocenters. The molecule has 4 atom stereocenters. The maximum Gasteiger partial charge on any atom is 0.328 e. The van der Waals surface area contributed by atoms with Gasteiger partial charge in [-0.3, -0.25) is 9.09 Å². The van der Waals surface area contributed by atoms with Crippen molar-refractivity contribution in [2.75, 3.05) is 12.3 Å². The summed E-state index contributed by atoms with van der Waals surface area (Å²) in [5, 5.41) is 0. The van der Waals surface area contributed by atoms with Crippen molar-refractivity contribution in [2.45, 2.75) is 50.2 Å². The number of nitrogens with zero attached hydrogens (tertiary/aromatic N) is 4. The molecular weight excluding hydrogens is 441 g/mol. The zero-order valence-electron chi connectivity index (χ0n) is 15.0. The zero-order valence-corrected chi connectivity index (χ0v) is 16.7. The number of anilines is 1. The molecule has 2 fully saturated rings. The topological polar surface area (TPSA) is 107 Å². The van der Waals surface area contributed by atoms with Gasteiger partial charge in [0.15, 0.2) is 23.2 Å². The Labute approximate surface area is 166 Å². The molecule has 160 valence electrons. The smallest absolute Gasteiger partial charge is 0.328 e. The van der Waals surface area contributed by atoms with Crippen LogP contribution in [0, 0.1) is 0 Å². The molecule has 2 aromatic heterocycles. The fourth-order valence-corrected chi connectivity index (χ4v) is 5.83. The Balaban J connectivity index is 1.80. The average molecular weight is 457 g/mol. The van der Waals surface area contributed by atoms with E-state index >= 15 is 8.78 Å². The van der Waals surface area contributed by atoms with Crippen LogP contribution in [0.15, 0.2) is 12.7 Å². The molecule has 29 heavy (non-hydrogen) atoms. The van der Waals surface area contributed by atoms with Gasteiger partial charge in [-0.05, 0) is 25.7 Å². The molecule has 0 radical (unpaired) electrons. The lowest BCUT2D eigenvalue weighted by atomic mass is 9.96. The molecule has 2 saturated heterocycles. The summed E-state index contributed by atoms with van der Waals surface area (Å²) in [6.45, 7) is -1.45. The number of alkyl halides is 4. The molecule has 0 amide bonds. The summed E-state index contributed by atoms with van der Waals surface area (Å²) >= 11 is 5.08. The highest BCUT2D eigenvalue weighted by atomic mass is 32.5. The summed E-state index contributed by atoms with van der Waals surface area (Å²) in [6, 6.07) is 0. The van der Waals surface area contributed by atoms with Crippen molar-refractivity contribution >= 4 is 35.5 Å². The van der Waals surface area contributed by atoms with E-state index in [1.807, 2.05) is 0 Å². The van der Waals surface area contributed by atoms with Gasteiger partial charge >= 0.3 is 12.6 Å². The minimum atomic E-state index is -3.96. The van der Waals surface area contributed by atoms with Gasteiger partial charge in [0.1, 0.15) is 18.2 Å². The summed E-state index contributed by atoms with van der Waals surface area (Å²) in [5.74, 6) is -4.13. The molecular formula is C14H16F4N5O4PS. The van der Waals surface area contributed by atoms with Gasteiger partial charge in [0.25, 0.3) is 6.43 Å². The van der Waals surface area contributed by atoms with Crippen molar-refractivity contribution in [1.29, 1.82) is 0 Å². The largest absolute Gasteiger partial charge is 0.382 e. The fourth-order valence-electron chi connectivity index (χ4n) is 3.27. The van der Waals surface area contributed by atoms with Crippen molar-refractivity contribution in [3.63, 3.8) is 0 Å². The third kappa shape index (κ3) is 3.13. The Morgan fingerprint density at radius 1 is 1.34 bits per heavy atom. The van der Waals surface area contributed by atoms with Crippen LogP contribution in [0.4, 0.5) is 23.4 Å². The molecule has 0 bridgehead atoms. The van der Waals surface area contributed by atoms with E-state index in [0.29, 0.717) is 0 Å². The number of imidazole rings is 1. The van der Waals surface area contributed by atoms with Gasteiger partial charge in [0.05, 0.1) is 12.7 Å². The van der Waals surface area contributed by atoms with Gasteiger partial charge in [-0.2, -0.15) is 8.78 Å². The SMILES string of the molecule is CC(C)OP1(=S)OC[C@]2(C(F)F)OC(n3cnc4ncnc(N)c43)C(F)(F)[C@H]2O1. The Morgan fingerprint density at radius 2 is 2.07 bits per heavy atom. The number of aromatic nitrogens is 4. The van der Waals surface area contributed by atoms with Crippen LogP contribution in [0.3, 0.4) is 0 Å². The number of ether oxygens (including phenoxy) is 1.